The van der Waals surface area contributed by atoms with E-state index in [0.29, 0.717) is 5.56 Å². The van der Waals surface area contributed by atoms with Gasteiger partial charge >= 0.3 is 0 Å². The number of nitrogens with zero attached hydrogens (tertiary/aromatic N) is 2. The molecule has 0 aliphatic carbocycles. The van der Waals surface area contributed by atoms with Crippen LogP contribution in [0.4, 0.5) is 0 Å². The third kappa shape index (κ3) is 3.11. The van der Waals surface area contributed by atoms with Crippen LogP contribution >= 0.6 is 0 Å². The van der Waals surface area contributed by atoms with Gasteiger partial charge in [0.25, 0.3) is 5.91 Å². The molecule has 0 unspecified atom stereocenters. The standard InChI is InChI=1S/C16H20N2O/c1-4-5-6-14-7-9-15(10-8-14)16(19)18-13(3)11-12(2)17-18/h7-11H,4-6H2,1-3H3. The smallest absolute Gasteiger partial charge is 0.267 e. The number of carbonyl (C=O) groups is 1. The molecular weight excluding hydrogens is 236 g/mol. The van der Waals surface area contributed by atoms with Crippen molar-refractivity contribution in [3.05, 3.63) is 52.8 Å². The quantitative estimate of drug-likeness (QED) is 0.838. The van der Waals surface area contributed by atoms with E-state index >= 15 is 0 Å². The highest BCUT2D eigenvalue weighted by Gasteiger charge is 2.12. The lowest BCUT2D eigenvalue weighted by Gasteiger charge is -2.05. The zero-order valence-corrected chi connectivity index (χ0v) is 11.8. The Bertz CT molecular complexity index is 567. The number of aromatic nitrogens is 2. The monoisotopic (exact) mass is 256 g/mol. The van der Waals surface area contributed by atoms with Crippen LogP contribution in [0.1, 0.15) is 47.1 Å². The first-order chi connectivity index (χ1) is 9.11. The van der Waals surface area contributed by atoms with Gasteiger partial charge in [0.05, 0.1) is 5.69 Å². The summed E-state index contributed by atoms with van der Waals surface area (Å²) in [5.41, 5.74) is 3.71. The van der Waals surface area contributed by atoms with E-state index in [0.717, 1.165) is 17.8 Å². The van der Waals surface area contributed by atoms with Gasteiger partial charge in [-0.05, 0) is 50.5 Å². The van der Waals surface area contributed by atoms with Gasteiger partial charge in [-0.3, -0.25) is 4.79 Å². The van der Waals surface area contributed by atoms with Crippen LogP contribution < -0.4 is 0 Å². The number of carbonyl (C=O) groups excluding carboxylic acids is 1. The van der Waals surface area contributed by atoms with E-state index < -0.39 is 0 Å². The lowest BCUT2D eigenvalue weighted by atomic mass is 10.1. The molecule has 1 heterocycles. The predicted molar refractivity (Wildman–Crippen MR) is 76.5 cm³/mol. The Labute approximate surface area is 114 Å². The van der Waals surface area contributed by atoms with Crippen molar-refractivity contribution in [1.82, 2.24) is 9.78 Å². The van der Waals surface area contributed by atoms with Gasteiger partial charge in [0.15, 0.2) is 0 Å². The van der Waals surface area contributed by atoms with Crippen LogP contribution in [-0.4, -0.2) is 15.7 Å². The van der Waals surface area contributed by atoms with E-state index in [1.54, 1.807) is 0 Å². The van der Waals surface area contributed by atoms with Gasteiger partial charge < -0.3 is 0 Å². The van der Waals surface area contributed by atoms with Gasteiger partial charge in [0, 0.05) is 11.3 Å². The van der Waals surface area contributed by atoms with Crippen LogP contribution in [-0.2, 0) is 6.42 Å². The van der Waals surface area contributed by atoms with Crippen molar-refractivity contribution in [2.45, 2.75) is 40.0 Å². The molecule has 0 bridgehead atoms. The second-order valence-electron chi connectivity index (χ2n) is 4.94. The first kappa shape index (κ1) is 13.5. The molecule has 0 aliphatic heterocycles. The third-order valence-electron chi connectivity index (χ3n) is 3.22. The summed E-state index contributed by atoms with van der Waals surface area (Å²) in [4.78, 5) is 12.3. The van der Waals surface area contributed by atoms with Gasteiger partial charge in [-0.2, -0.15) is 5.10 Å². The summed E-state index contributed by atoms with van der Waals surface area (Å²) in [6.07, 6.45) is 3.45. The fraction of sp³-hybridized carbons (Fsp3) is 0.375. The molecule has 19 heavy (non-hydrogen) atoms. The highest BCUT2D eigenvalue weighted by atomic mass is 16.2. The second kappa shape index (κ2) is 5.83. The van der Waals surface area contributed by atoms with E-state index in [1.165, 1.54) is 23.1 Å². The van der Waals surface area contributed by atoms with Crippen LogP contribution in [0.15, 0.2) is 30.3 Å². The molecule has 100 valence electrons. The van der Waals surface area contributed by atoms with Crippen molar-refractivity contribution in [3.63, 3.8) is 0 Å². The molecule has 0 fully saturated rings. The minimum absolute atomic E-state index is 0.0624. The van der Waals surface area contributed by atoms with Crippen molar-refractivity contribution in [2.75, 3.05) is 0 Å². The maximum atomic E-state index is 12.3. The fourth-order valence-corrected chi connectivity index (χ4v) is 2.15. The van der Waals surface area contributed by atoms with Gasteiger partial charge in [-0.25, -0.2) is 4.68 Å². The Morgan fingerprint density at radius 2 is 1.89 bits per heavy atom. The maximum absolute atomic E-state index is 12.3. The summed E-state index contributed by atoms with van der Waals surface area (Å²) < 4.78 is 1.47. The Kier molecular flexibility index (Phi) is 4.15. The minimum atomic E-state index is -0.0624. The Balaban J connectivity index is 2.18. The molecule has 0 radical (unpaired) electrons. The van der Waals surface area contributed by atoms with Crippen LogP contribution in [0.25, 0.3) is 0 Å². The van der Waals surface area contributed by atoms with Crippen molar-refractivity contribution in [2.24, 2.45) is 0 Å². The lowest BCUT2D eigenvalue weighted by Crippen LogP contribution is -2.15. The van der Waals surface area contributed by atoms with Crippen molar-refractivity contribution < 1.29 is 4.79 Å². The molecule has 2 aromatic rings. The van der Waals surface area contributed by atoms with E-state index in [2.05, 4.69) is 12.0 Å². The third-order valence-corrected chi connectivity index (χ3v) is 3.22. The molecule has 0 amide bonds. The average molecular weight is 256 g/mol. The van der Waals surface area contributed by atoms with Crippen molar-refractivity contribution in [3.8, 4) is 0 Å². The number of benzene rings is 1. The molecule has 1 aromatic carbocycles. The first-order valence-corrected chi connectivity index (χ1v) is 6.78. The van der Waals surface area contributed by atoms with Crippen LogP contribution in [0.2, 0.25) is 0 Å². The number of unbranched alkanes of at least 4 members (excludes halogenated alkanes) is 1. The summed E-state index contributed by atoms with van der Waals surface area (Å²) in [6.45, 7) is 5.97. The van der Waals surface area contributed by atoms with E-state index in [4.69, 9.17) is 0 Å². The average Bonchev–Trinajstić information content (AvgIpc) is 2.75. The summed E-state index contributed by atoms with van der Waals surface area (Å²) in [6, 6.07) is 9.77. The molecule has 0 saturated heterocycles. The predicted octanol–water partition coefficient (Wildman–Crippen LogP) is 3.53. The maximum Gasteiger partial charge on any atom is 0.278 e. The highest BCUT2D eigenvalue weighted by molar-refractivity contribution is 5.95. The summed E-state index contributed by atoms with van der Waals surface area (Å²) in [5.74, 6) is -0.0624. The molecule has 0 spiro atoms. The van der Waals surface area contributed by atoms with Crippen LogP contribution in [0.5, 0.6) is 0 Å². The number of hydrogen-bond acceptors (Lipinski definition) is 2. The van der Waals surface area contributed by atoms with Gasteiger partial charge in [0.2, 0.25) is 0 Å². The first-order valence-electron chi connectivity index (χ1n) is 6.78. The molecule has 1 aromatic heterocycles. The number of rotatable bonds is 4. The molecule has 0 saturated carbocycles. The van der Waals surface area contributed by atoms with E-state index in [1.807, 2.05) is 44.2 Å². The molecular formula is C16H20N2O. The van der Waals surface area contributed by atoms with Gasteiger partial charge in [0.1, 0.15) is 0 Å². The van der Waals surface area contributed by atoms with Crippen molar-refractivity contribution in [1.29, 1.82) is 0 Å². The Hall–Kier alpha value is -1.90. The summed E-state index contributed by atoms with van der Waals surface area (Å²) in [7, 11) is 0. The molecule has 0 aliphatic rings. The molecule has 3 nitrogen and oxygen atoms in total. The minimum Gasteiger partial charge on any atom is -0.267 e. The van der Waals surface area contributed by atoms with Crippen molar-refractivity contribution >= 4 is 5.91 Å². The highest BCUT2D eigenvalue weighted by Crippen LogP contribution is 2.11. The fourth-order valence-electron chi connectivity index (χ4n) is 2.15. The zero-order chi connectivity index (χ0) is 13.8. The van der Waals surface area contributed by atoms with E-state index in [-0.39, 0.29) is 5.91 Å². The summed E-state index contributed by atoms with van der Waals surface area (Å²) in [5, 5.41) is 4.23. The summed E-state index contributed by atoms with van der Waals surface area (Å²) >= 11 is 0. The molecule has 0 N–H and O–H groups in total. The van der Waals surface area contributed by atoms with Crippen LogP contribution in [0.3, 0.4) is 0 Å². The molecule has 3 heteroatoms. The topological polar surface area (TPSA) is 34.9 Å². The Morgan fingerprint density at radius 1 is 1.21 bits per heavy atom. The zero-order valence-electron chi connectivity index (χ0n) is 11.8. The normalized spacial score (nSPS) is 10.7. The SMILES string of the molecule is CCCCc1ccc(C(=O)n2nc(C)cc2C)cc1. The van der Waals surface area contributed by atoms with E-state index in [9.17, 15) is 4.79 Å². The number of hydrogen-bond donors (Lipinski definition) is 0. The van der Waals surface area contributed by atoms with Gasteiger partial charge in [-0.15, -0.1) is 0 Å². The number of aryl methyl sites for hydroxylation is 3. The molecule has 0 atom stereocenters. The lowest BCUT2D eigenvalue weighted by molar-refractivity contribution is 0.0942. The van der Waals surface area contributed by atoms with Crippen LogP contribution in [0, 0.1) is 13.8 Å². The van der Waals surface area contributed by atoms with Gasteiger partial charge in [-0.1, -0.05) is 25.5 Å². The Morgan fingerprint density at radius 3 is 2.42 bits per heavy atom. The second-order valence-corrected chi connectivity index (χ2v) is 4.94. The molecule has 2 rings (SSSR count). The largest absolute Gasteiger partial charge is 0.278 e.